The van der Waals surface area contributed by atoms with E-state index in [-0.39, 0.29) is 28.1 Å². The first-order valence-corrected chi connectivity index (χ1v) is 10.9. The van der Waals surface area contributed by atoms with Gasteiger partial charge in [-0.2, -0.15) is 0 Å². The highest BCUT2D eigenvalue weighted by Crippen LogP contribution is 2.38. The Morgan fingerprint density at radius 2 is 1.87 bits per heavy atom. The first-order chi connectivity index (χ1) is 14.8. The third-order valence-corrected chi connectivity index (χ3v) is 6.08. The lowest BCUT2D eigenvalue weighted by Gasteiger charge is -2.15. The van der Waals surface area contributed by atoms with Gasteiger partial charge in [0.2, 0.25) is 0 Å². The van der Waals surface area contributed by atoms with Crippen LogP contribution in [-0.4, -0.2) is 22.2 Å². The van der Waals surface area contributed by atoms with E-state index in [4.69, 9.17) is 16.3 Å². The molecule has 4 nitrogen and oxygen atoms in total. The Bertz CT molecular complexity index is 1200. The molecular formula is C24H19ClFNO3S. The van der Waals surface area contributed by atoms with E-state index in [1.165, 1.54) is 18.2 Å². The Morgan fingerprint density at radius 1 is 1.10 bits per heavy atom. The second kappa shape index (κ2) is 8.73. The second-order valence-corrected chi connectivity index (χ2v) is 8.73. The molecular weight excluding hydrogens is 437 g/mol. The molecule has 4 rings (SSSR count). The number of imide groups is 1. The summed E-state index contributed by atoms with van der Waals surface area (Å²) in [5, 5.41) is 1.60. The predicted octanol–water partition coefficient (Wildman–Crippen LogP) is 6.66. The third-order valence-electron chi connectivity index (χ3n) is 4.82. The van der Waals surface area contributed by atoms with Crippen LogP contribution in [-0.2, 0) is 11.3 Å². The molecule has 3 aromatic rings. The third kappa shape index (κ3) is 4.31. The molecule has 31 heavy (non-hydrogen) atoms. The number of nitrogens with zero attached hydrogens (tertiary/aromatic N) is 1. The summed E-state index contributed by atoms with van der Waals surface area (Å²) in [6, 6.07) is 15.8. The van der Waals surface area contributed by atoms with Crippen LogP contribution in [0.5, 0.6) is 5.75 Å². The van der Waals surface area contributed by atoms with Crippen molar-refractivity contribution in [2.45, 2.75) is 26.5 Å². The van der Waals surface area contributed by atoms with Crippen molar-refractivity contribution in [2.75, 3.05) is 0 Å². The van der Waals surface area contributed by atoms with Crippen molar-refractivity contribution in [1.82, 2.24) is 4.90 Å². The monoisotopic (exact) mass is 455 g/mol. The van der Waals surface area contributed by atoms with Crippen molar-refractivity contribution in [3.63, 3.8) is 0 Å². The topological polar surface area (TPSA) is 46.6 Å². The van der Waals surface area contributed by atoms with Crippen molar-refractivity contribution in [3.05, 3.63) is 81.5 Å². The minimum Gasteiger partial charge on any atom is -0.490 e. The number of carbonyl (C=O) groups is 2. The van der Waals surface area contributed by atoms with Gasteiger partial charge in [0.25, 0.3) is 11.1 Å². The lowest BCUT2D eigenvalue weighted by atomic mass is 10.0. The average Bonchev–Trinajstić information content (AvgIpc) is 2.99. The van der Waals surface area contributed by atoms with Gasteiger partial charge in [-0.05, 0) is 60.7 Å². The minimum atomic E-state index is -0.558. The average molecular weight is 456 g/mol. The van der Waals surface area contributed by atoms with Crippen molar-refractivity contribution in [2.24, 2.45) is 0 Å². The zero-order valence-corrected chi connectivity index (χ0v) is 18.5. The molecule has 1 aliphatic rings. The predicted molar refractivity (Wildman–Crippen MR) is 123 cm³/mol. The molecule has 0 bridgehead atoms. The number of benzene rings is 3. The molecule has 158 valence electrons. The molecule has 1 heterocycles. The maximum atomic E-state index is 14.2. The van der Waals surface area contributed by atoms with Gasteiger partial charge >= 0.3 is 0 Å². The summed E-state index contributed by atoms with van der Waals surface area (Å²) in [7, 11) is 0. The molecule has 0 aromatic heterocycles. The van der Waals surface area contributed by atoms with Gasteiger partial charge in [0.1, 0.15) is 11.6 Å². The van der Waals surface area contributed by atoms with Crippen molar-refractivity contribution >= 4 is 51.4 Å². The van der Waals surface area contributed by atoms with Crippen LogP contribution in [0.15, 0.2) is 59.5 Å². The summed E-state index contributed by atoms with van der Waals surface area (Å²) in [5.74, 6) is -0.424. The van der Waals surface area contributed by atoms with Crippen LogP contribution in [0.25, 0.3) is 16.8 Å². The summed E-state index contributed by atoms with van der Waals surface area (Å²) in [4.78, 5) is 26.9. The van der Waals surface area contributed by atoms with E-state index in [0.29, 0.717) is 5.75 Å². The van der Waals surface area contributed by atoms with E-state index in [9.17, 15) is 14.0 Å². The van der Waals surface area contributed by atoms with Crippen LogP contribution >= 0.6 is 23.4 Å². The fourth-order valence-corrected chi connectivity index (χ4v) is 4.43. The molecule has 1 aliphatic heterocycles. The van der Waals surface area contributed by atoms with Crippen molar-refractivity contribution in [1.29, 1.82) is 0 Å². The van der Waals surface area contributed by atoms with Gasteiger partial charge in [0, 0.05) is 16.1 Å². The van der Waals surface area contributed by atoms with Crippen LogP contribution in [0.3, 0.4) is 0 Å². The van der Waals surface area contributed by atoms with Crippen molar-refractivity contribution < 1.29 is 18.7 Å². The van der Waals surface area contributed by atoms with Crippen LogP contribution < -0.4 is 4.74 Å². The van der Waals surface area contributed by atoms with E-state index in [0.717, 1.165) is 33.0 Å². The molecule has 2 amide bonds. The van der Waals surface area contributed by atoms with E-state index >= 15 is 0 Å². The normalized spacial score (nSPS) is 15.5. The Kier molecular flexibility index (Phi) is 6.03. The summed E-state index contributed by atoms with van der Waals surface area (Å²) in [5.41, 5.74) is 0.836. The highest BCUT2D eigenvalue weighted by atomic mass is 35.5. The van der Waals surface area contributed by atoms with E-state index in [1.54, 1.807) is 6.08 Å². The standard InChI is InChI=1S/C24H19ClFNO3S/c1-14(2)30-21-11-10-15-6-3-4-7-16(15)17(21)12-22-23(28)27(24(29)31-22)13-18-19(25)8-5-9-20(18)26/h3-12,14H,13H2,1-2H3/b22-12-. The summed E-state index contributed by atoms with van der Waals surface area (Å²) in [6.07, 6.45) is 1.61. The number of rotatable bonds is 5. The zero-order chi connectivity index (χ0) is 22.1. The fourth-order valence-electron chi connectivity index (χ4n) is 3.39. The zero-order valence-electron chi connectivity index (χ0n) is 16.9. The second-order valence-electron chi connectivity index (χ2n) is 7.33. The van der Waals surface area contributed by atoms with Gasteiger partial charge < -0.3 is 4.74 Å². The molecule has 3 aromatic carbocycles. The number of fused-ring (bicyclic) bond motifs is 1. The number of carbonyl (C=O) groups excluding carboxylic acids is 2. The molecule has 0 unspecified atom stereocenters. The molecule has 1 fully saturated rings. The highest BCUT2D eigenvalue weighted by molar-refractivity contribution is 8.18. The van der Waals surface area contributed by atoms with Crippen LogP contribution in [0.2, 0.25) is 5.02 Å². The molecule has 1 saturated heterocycles. The van der Waals surface area contributed by atoms with E-state index < -0.39 is 17.0 Å². The smallest absolute Gasteiger partial charge is 0.293 e. The molecule has 7 heteroatoms. The Hall–Kier alpha value is -2.83. The first kappa shape index (κ1) is 21.4. The molecule has 0 radical (unpaired) electrons. The van der Waals surface area contributed by atoms with E-state index in [1.807, 2.05) is 50.2 Å². The molecule has 0 saturated carbocycles. The van der Waals surface area contributed by atoms with Crippen LogP contribution in [0.1, 0.15) is 25.0 Å². The number of thioether (sulfide) groups is 1. The Morgan fingerprint density at radius 3 is 2.61 bits per heavy atom. The number of hydrogen-bond acceptors (Lipinski definition) is 4. The lowest BCUT2D eigenvalue weighted by Crippen LogP contribution is -2.28. The van der Waals surface area contributed by atoms with Crippen LogP contribution in [0.4, 0.5) is 9.18 Å². The summed E-state index contributed by atoms with van der Waals surface area (Å²) >= 11 is 6.90. The number of ether oxygens (including phenoxy) is 1. The summed E-state index contributed by atoms with van der Waals surface area (Å²) in [6.45, 7) is 3.62. The number of amides is 2. The van der Waals surface area contributed by atoms with Gasteiger partial charge in [0.15, 0.2) is 0 Å². The van der Waals surface area contributed by atoms with Crippen molar-refractivity contribution in [3.8, 4) is 5.75 Å². The SMILES string of the molecule is CC(C)Oc1ccc2ccccc2c1/C=C1\SC(=O)N(Cc2c(F)cccc2Cl)C1=O. The Balaban J connectivity index is 1.74. The van der Waals surface area contributed by atoms with Gasteiger partial charge in [-0.25, -0.2) is 4.39 Å². The number of halogens is 2. The molecule has 0 atom stereocenters. The maximum Gasteiger partial charge on any atom is 0.293 e. The minimum absolute atomic E-state index is 0.0634. The summed E-state index contributed by atoms with van der Waals surface area (Å²) < 4.78 is 20.1. The number of hydrogen-bond donors (Lipinski definition) is 0. The lowest BCUT2D eigenvalue weighted by molar-refractivity contribution is -0.123. The van der Waals surface area contributed by atoms with Gasteiger partial charge in [-0.1, -0.05) is 48.0 Å². The quantitative estimate of drug-likeness (QED) is 0.404. The largest absolute Gasteiger partial charge is 0.490 e. The maximum absolute atomic E-state index is 14.2. The molecule has 0 aliphatic carbocycles. The van der Waals surface area contributed by atoms with Gasteiger partial charge in [-0.15, -0.1) is 0 Å². The van der Waals surface area contributed by atoms with Gasteiger partial charge in [0.05, 0.1) is 17.6 Å². The highest BCUT2D eigenvalue weighted by Gasteiger charge is 2.36. The van der Waals surface area contributed by atoms with E-state index in [2.05, 4.69) is 0 Å². The molecule has 0 N–H and O–H groups in total. The Labute approximate surface area is 188 Å². The van der Waals surface area contributed by atoms with Crippen LogP contribution in [0, 0.1) is 5.82 Å². The first-order valence-electron chi connectivity index (χ1n) is 9.72. The van der Waals surface area contributed by atoms with Gasteiger partial charge in [-0.3, -0.25) is 14.5 Å². The molecule has 0 spiro atoms. The fraction of sp³-hybridized carbons (Fsp3) is 0.167.